The molecule has 0 saturated heterocycles. The normalized spacial score (nSPS) is 12.2. The fourth-order valence-electron chi connectivity index (χ4n) is 2.42. The molecule has 1 unspecified atom stereocenters. The minimum absolute atomic E-state index is 0.0890. The molecule has 1 aromatic carbocycles. The van der Waals surface area contributed by atoms with Gasteiger partial charge in [0, 0.05) is 10.9 Å². The van der Waals surface area contributed by atoms with Crippen LogP contribution >= 0.6 is 11.3 Å². The lowest BCUT2D eigenvalue weighted by Gasteiger charge is -2.14. The molecule has 0 spiro atoms. The summed E-state index contributed by atoms with van der Waals surface area (Å²) in [6.07, 6.45) is 0.937. The van der Waals surface area contributed by atoms with Crippen LogP contribution in [-0.4, -0.2) is 29.0 Å². The Balaban J connectivity index is 1.59. The maximum Gasteiger partial charge on any atom is 0.259 e. The van der Waals surface area contributed by atoms with Crippen LogP contribution in [0.3, 0.4) is 0 Å². The van der Waals surface area contributed by atoms with Gasteiger partial charge < -0.3 is 19.1 Å². The molecule has 6 heteroatoms. The molecule has 1 atom stereocenters. The summed E-state index contributed by atoms with van der Waals surface area (Å²) in [6.45, 7) is 2.85. The van der Waals surface area contributed by atoms with Crippen LogP contribution in [0.2, 0.25) is 0 Å². The second kappa shape index (κ2) is 7.51. The Kier molecular flexibility index (Phi) is 5.17. The van der Waals surface area contributed by atoms with Crippen molar-refractivity contribution in [2.45, 2.75) is 19.6 Å². The molecule has 2 heterocycles. The molecule has 0 bridgehead atoms. The average Bonchev–Trinajstić information content (AvgIpc) is 3.07. The summed E-state index contributed by atoms with van der Waals surface area (Å²) >= 11 is 1.53. The SMILES string of the molecule is CCOc1ccc(OCC(O)Cn2ccc3sccc3c2=O)cc1. The van der Waals surface area contributed by atoms with Crippen LogP contribution in [-0.2, 0) is 6.54 Å². The van der Waals surface area contributed by atoms with Gasteiger partial charge in [0.25, 0.3) is 5.56 Å². The van der Waals surface area contributed by atoms with E-state index in [-0.39, 0.29) is 18.7 Å². The molecule has 126 valence electrons. The van der Waals surface area contributed by atoms with Gasteiger partial charge in [-0.1, -0.05) is 0 Å². The topological polar surface area (TPSA) is 60.7 Å². The highest BCUT2D eigenvalue weighted by molar-refractivity contribution is 7.17. The Morgan fingerprint density at radius 1 is 1.12 bits per heavy atom. The van der Waals surface area contributed by atoms with Crippen molar-refractivity contribution in [3.05, 3.63) is 58.3 Å². The molecule has 0 fully saturated rings. The third-order valence-corrected chi connectivity index (χ3v) is 4.46. The molecule has 0 aliphatic carbocycles. The number of thiophene rings is 1. The van der Waals surface area contributed by atoms with Crippen molar-refractivity contribution in [1.82, 2.24) is 4.57 Å². The first-order chi connectivity index (χ1) is 11.7. The monoisotopic (exact) mass is 345 g/mol. The van der Waals surface area contributed by atoms with Gasteiger partial charge >= 0.3 is 0 Å². The fraction of sp³-hybridized carbons (Fsp3) is 0.278. The van der Waals surface area contributed by atoms with Gasteiger partial charge in [0.05, 0.1) is 18.5 Å². The van der Waals surface area contributed by atoms with Crippen molar-refractivity contribution in [2.75, 3.05) is 13.2 Å². The molecule has 5 nitrogen and oxygen atoms in total. The Morgan fingerprint density at radius 3 is 2.54 bits per heavy atom. The van der Waals surface area contributed by atoms with Crippen LogP contribution in [0.4, 0.5) is 0 Å². The summed E-state index contributed by atoms with van der Waals surface area (Å²) < 4.78 is 13.4. The van der Waals surface area contributed by atoms with Gasteiger partial charge in [-0.3, -0.25) is 4.79 Å². The quantitative estimate of drug-likeness (QED) is 0.715. The van der Waals surface area contributed by atoms with E-state index in [0.29, 0.717) is 17.7 Å². The summed E-state index contributed by atoms with van der Waals surface area (Å²) in [5.74, 6) is 1.43. The Bertz CT molecular complexity index is 853. The number of pyridine rings is 1. The summed E-state index contributed by atoms with van der Waals surface area (Å²) in [4.78, 5) is 12.3. The number of fused-ring (bicyclic) bond motifs is 1. The standard InChI is InChI=1S/C18H19NO4S/c1-2-22-14-3-5-15(6-4-14)23-12-13(20)11-19-9-7-17-16(18(19)21)8-10-24-17/h3-10,13,20H,2,11-12H2,1H3. The molecule has 0 radical (unpaired) electrons. The van der Waals surface area contributed by atoms with Gasteiger partial charge in [0.2, 0.25) is 0 Å². The van der Waals surface area contributed by atoms with E-state index in [9.17, 15) is 9.90 Å². The molecular formula is C18H19NO4S. The average molecular weight is 345 g/mol. The number of ether oxygens (including phenoxy) is 2. The third-order valence-electron chi connectivity index (χ3n) is 3.58. The van der Waals surface area contributed by atoms with Crippen molar-refractivity contribution < 1.29 is 14.6 Å². The molecule has 1 N–H and O–H groups in total. The number of aliphatic hydroxyl groups is 1. The van der Waals surface area contributed by atoms with Crippen LogP contribution in [0.5, 0.6) is 11.5 Å². The van der Waals surface area contributed by atoms with Gasteiger partial charge in [0.1, 0.15) is 24.2 Å². The highest BCUT2D eigenvalue weighted by Gasteiger charge is 2.10. The van der Waals surface area contributed by atoms with Gasteiger partial charge in [0.15, 0.2) is 0 Å². The number of hydrogen-bond donors (Lipinski definition) is 1. The van der Waals surface area contributed by atoms with E-state index in [0.717, 1.165) is 10.4 Å². The third kappa shape index (κ3) is 3.77. The highest BCUT2D eigenvalue weighted by atomic mass is 32.1. The van der Waals surface area contributed by atoms with E-state index in [2.05, 4.69) is 0 Å². The smallest absolute Gasteiger partial charge is 0.259 e. The van der Waals surface area contributed by atoms with Gasteiger partial charge in [-0.25, -0.2) is 0 Å². The van der Waals surface area contributed by atoms with Crippen LogP contribution in [0.1, 0.15) is 6.92 Å². The zero-order chi connectivity index (χ0) is 16.9. The van der Waals surface area contributed by atoms with Crippen LogP contribution in [0.15, 0.2) is 52.8 Å². The second-order valence-corrected chi connectivity index (χ2v) is 6.29. The number of hydrogen-bond acceptors (Lipinski definition) is 5. The second-order valence-electron chi connectivity index (χ2n) is 5.34. The Morgan fingerprint density at radius 2 is 1.83 bits per heavy atom. The Labute approximate surface area is 143 Å². The highest BCUT2D eigenvalue weighted by Crippen LogP contribution is 2.18. The summed E-state index contributed by atoms with van der Waals surface area (Å²) in [5.41, 5.74) is -0.0890. The minimum Gasteiger partial charge on any atom is -0.494 e. The van der Waals surface area contributed by atoms with Crippen molar-refractivity contribution in [2.24, 2.45) is 0 Å². The molecule has 3 rings (SSSR count). The van der Waals surface area contributed by atoms with Crippen LogP contribution < -0.4 is 15.0 Å². The molecule has 0 aliphatic heterocycles. The molecule has 24 heavy (non-hydrogen) atoms. The summed E-state index contributed by atoms with van der Waals surface area (Å²) in [5, 5.41) is 12.7. The van der Waals surface area contributed by atoms with Gasteiger partial charge in [-0.05, 0) is 48.7 Å². The maximum absolute atomic E-state index is 12.3. The lowest BCUT2D eigenvalue weighted by atomic mass is 10.3. The lowest BCUT2D eigenvalue weighted by molar-refractivity contribution is 0.0917. The molecule has 0 saturated carbocycles. The van der Waals surface area contributed by atoms with E-state index >= 15 is 0 Å². The van der Waals surface area contributed by atoms with Gasteiger partial charge in [-0.15, -0.1) is 11.3 Å². The lowest BCUT2D eigenvalue weighted by Crippen LogP contribution is -2.29. The summed E-state index contributed by atoms with van der Waals surface area (Å²) in [7, 11) is 0. The number of nitrogens with zero attached hydrogens (tertiary/aromatic N) is 1. The first-order valence-corrected chi connectivity index (χ1v) is 8.65. The molecule has 0 amide bonds. The van der Waals surface area contributed by atoms with E-state index in [1.165, 1.54) is 15.9 Å². The zero-order valence-corrected chi connectivity index (χ0v) is 14.2. The van der Waals surface area contributed by atoms with Crippen LogP contribution in [0.25, 0.3) is 10.1 Å². The van der Waals surface area contributed by atoms with Crippen molar-refractivity contribution in [3.8, 4) is 11.5 Å². The molecule has 3 aromatic rings. The van der Waals surface area contributed by atoms with E-state index in [4.69, 9.17) is 9.47 Å². The van der Waals surface area contributed by atoms with Crippen molar-refractivity contribution >= 4 is 21.4 Å². The van der Waals surface area contributed by atoms with Crippen LogP contribution in [0, 0.1) is 0 Å². The predicted octanol–water partition coefficient (Wildman–Crippen LogP) is 2.90. The van der Waals surface area contributed by atoms with E-state index in [1.807, 2.05) is 36.6 Å². The Hall–Kier alpha value is -2.31. The maximum atomic E-state index is 12.3. The zero-order valence-electron chi connectivity index (χ0n) is 13.3. The summed E-state index contributed by atoms with van der Waals surface area (Å²) in [6, 6.07) is 10.9. The van der Waals surface area contributed by atoms with Crippen molar-refractivity contribution in [3.63, 3.8) is 0 Å². The molecule has 0 aliphatic rings. The fourth-order valence-corrected chi connectivity index (χ4v) is 3.19. The van der Waals surface area contributed by atoms with E-state index < -0.39 is 6.10 Å². The first-order valence-electron chi connectivity index (χ1n) is 7.77. The number of aliphatic hydroxyl groups excluding tert-OH is 1. The first kappa shape index (κ1) is 16.5. The minimum atomic E-state index is -0.773. The predicted molar refractivity (Wildman–Crippen MR) is 95.2 cm³/mol. The van der Waals surface area contributed by atoms with Crippen molar-refractivity contribution in [1.29, 1.82) is 0 Å². The number of benzene rings is 1. The molecular weight excluding hydrogens is 326 g/mol. The number of rotatable bonds is 7. The largest absolute Gasteiger partial charge is 0.494 e. The van der Waals surface area contributed by atoms with Gasteiger partial charge in [-0.2, -0.15) is 0 Å². The molecule has 2 aromatic heterocycles. The number of aromatic nitrogens is 1. The van der Waals surface area contributed by atoms with E-state index in [1.54, 1.807) is 18.3 Å².